The van der Waals surface area contributed by atoms with E-state index in [9.17, 15) is 0 Å². The Labute approximate surface area is 70.8 Å². The van der Waals surface area contributed by atoms with Gasteiger partial charge in [0.2, 0.25) is 0 Å². The predicted octanol–water partition coefficient (Wildman–Crippen LogP) is 0.795. The molecule has 12 heavy (non-hydrogen) atoms. The van der Waals surface area contributed by atoms with Crippen molar-refractivity contribution in [3.8, 4) is 0 Å². The minimum atomic E-state index is 0.622. The fourth-order valence-corrected chi connectivity index (χ4v) is 1.25. The summed E-state index contributed by atoms with van der Waals surface area (Å²) in [5, 5.41) is 0. The maximum atomic E-state index is 5.44. The summed E-state index contributed by atoms with van der Waals surface area (Å²) < 4.78 is 1.94. The Morgan fingerprint density at radius 3 is 3.08 bits per heavy atom. The maximum Gasteiger partial charge on any atom is 0.177 e. The molecule has 2 rings (SSSR count). The molecule has 3 nitrogen and oxygen atoms in total. The topological polar surface area (TPSA) is 43.8 Å². The summed E-state index contributed by atoms with van der Waals surface area (Å²) in [6.07, 6.45) is 2.90. The maximum absolute atomic E-state index is 5.44. The van der Waals surface area contributed by atoms with Crippen LogP contribution in [0.3, 0.4) is 0 Å². The number of rotatable bonds is 2. The molecule has 0 atom stereocenters. The normalized spacial score (nSPS) is 10.8. The molecule has 1 aromatic carbocycles. The highest BCUT2D eigenvalue weighted by atomic mass is 15.0. The molecule has 0 bridgehead atoms. The van der Waals surface area contributed by atoms with Crippen LogP contribution in [-0.4, -0.2) is 16.1 Å². The van der Waals surface area contributed by atoms with Crippen molar-refractivity contribution in [2.45, 2.75) is 6.54 Å². The molecule has 0 saturated heterocycles. The number of nitrogens with two attached hydrogens (primary N) is 1. The zero-order valence-electron chi connectivity index (χ0n) is 6.70. The number of hydrogen-bond donors (Lipinski definition) is 1. The summed E-state index contributed by atoms with van der Waals surface area (Å²) in [4.78, 5) is 4.12. The summed E-state index contributed by atoms with van der Waals surface area (Å²) in [7, 11) is 0. The summed E-state index contributed by atoms with van der Waals surface area (Å²) >= 11 is 0. The Hall–Kier alpha value is -1.35. The molecule has 0 unspecified atom stereocenters. The molecule has 2 aromatic rings. The van der Waals surface area contributed by atoms with Gasteiger partial charge in [0.15, 0.2) is 6.33 Å². The Kier molecular flexibility index (Phi) is 1.80. The van der Waals surface area contributed by atoms with Crippen LogP contribution in [-0.2, 0) is 6.54 Å². The van der Waals surface area contributed by atoms with Gasteiger partial charge in [0.25, 0.3) is 0 Å². The third kappa shape index (κ3) is 1.08. The number of imidazole rings is 1. The molecule has 0 saturated carbocycles. The average Bonchev–Trinajstić information content (AvgIpc) is 2.50. The van der Waals surface area contributed by atoms with Crippen LogP contribution >= 0.6 is 0 Å². The van der Waals surface area contributed by atoms with E-state index in [-0.39, 0.29) is 0 Å². The highest BCUT2D eigenvalue weighted by Crippen LogP contribution is 2.10. The van der Waals surface area contributed by atoms with E-state index in [4.69, 9.17) is 5.73 Å². The van der Waals surface area contributed by atoms with Crippen molar-refractivity contribution in [1.82, 2.24) is 9.55 Å². The standard InChI is InChI=1S/C9H10N3/c10-5-6-12-7-11-8-3-1-2-4-9(8)12/h1-4H,5-6,10H2. The van der Waals surface area contributed by atoms with E-state index < -0.39 is 0 Å². The highest BCUT2D eigenvalue weighted by Gasteiger charge is 1.99. The first kappa shape index (κ1) is 7.31. The highest BCUT2D eigenvalue weighted by molar-refractivity contribution is 5.74. The average molecular weight is 160 g/mol. The fourth-order valence-electron chi connectivity index (χ4n) is 1.25. The monoisotopic (exact) mass is 160 g/mol. The van der Waals surface area contributed by atoms with Crippen LogP contribution < -0.4 is 5.73 Å². The third-order valence-corrected chi connectivity index (χ3v) is 1.82. The molecular formula is C9H10N3. The predicted molar refractivity (Wildman–Crippen MR) is 47.6 cm³/mol. The molecule has 0 spiro atoms. The van der Waals surface area contributed by atoms with Crippen molar-refractivity contribution in [2.75, 3.05) is 6.54 Å². The van der Waals surface area contributed by atoms with E-state index in [0.29, 0.717) is 6.54 Å². The van der Waals surface area contributed by atoms with Crippen molar-refractivity contribution in [1.29, 1.82) is 0 Å². The Balaban J connectivity index is 2.55. The van der Waals surface area contributed by atoms with Gasteiger partial charge in [0, 0.05) is 13.1 Å². The zero-order valence-corrected chi connectivity index (χ0v) is 6.70. The van der Waals surface area contributed by atoms with Gasteiger partial charge in [0.05, 0.1) is 11.0 Å². The minimum absolute atomic E-state index is 0.622. The van der Waals surface area contributed by atoms with Crippen LogP contribution in [0.1, 0.15) is 0 Å². The first-order chi connectivity index (χ1) is 5.92. The number of nitrogens with zero attached hydrogens (tertiary/aromatic N) is 2. The number of fused-ring (bicyclic) bond motifs is 1. The smallest absolute Gasteiger partial charge is 0.177 e. The molecule has 0 aliphatic heterocycles. The van der Waals surface area contributed by atoms with Crippen LogP contribution in [0.5, 0.6) is 0 Å². The molecule has 3 heteroatoms. The first-order valence-electron chi connectivity index (χ1n) is 3.95. The summed E-state index contributed by atoms with van der Waals surface area (Å²) in [6, 6.07) is 7.95. The van der Waals surface area contributed by atoms with Gasteiger partial charge >= 0.3 is 0 Å². The van der Waals surface area contributed by atoms with Crippen LogP contribution in [0.25, 0.3) is 11.0 Å². The van der Waals surface area contributed by atoms with Crippen molar-refractivity contribution < 1.29 is 0 Å². The van der Waals surface area contributed by atoms with E-state index in [1.165, 1.54) is 0 Å². The van der Waals surface area contributed by atoms with Crippen molar-refractivity contribution in [2.24, 2.45) is 5.73 Å². The second-order valence-electron chi connectivity index (χ2n) is 2.64. The Bertz CT molecular complexity index is 378. The van der Waals surface area contributed by atoms with Crippen LogP contribution in [0.4, 0.5) is 0 Å². The van der Waals surface area contributed by atoms with Gasteiger partial charge in [-0.2, -0.15) is 0 Å². The summed E-state index contributed by atoms with van der Waals surface area (Å²) in [5.74, 6) is 0. The molecule has 0 fully saturated rings. The molecule has 1 heterocycles. The largest absolute Gasteiger partial charge is 0.329 e. The molecule has 0 aliphatic rings. The lowest BCUT2D eigenvalue weighted by Gasteiger charge is -1.98. The Morgan fingerprint density at radius 2 is 2.25 bits per heavy atom. The van der Waals surface area contributed by atoms with Gasteiger partial charge in [-0.3, -0.25) is 0 Å². The van der Waals surface area contributed by atoms with Gasteiger partial charge in [-0.05, 0) is 12.1 Å². The van der Waals surface area contributed by atoms with Crippen molar-refractivity contribution in [3.63, 3.8) is 0 Å². The zero-order chi connectivity index (χ0) is 8.39. The van der Waals surface area contributed by atoms with Gasteiger partial charge in [-0.25, -0.2) is 4.98 Å². The fraction of sp³-hybridized carbons (Fsp3) is 0.222. The van der Waals surface area contributed by atoms with Crippen molar-refractivity contribution in [3.05, 3.63) is 30.6 Å². The lowest BCUT2D eigenvalue weighted by atomic mass is 10.3. The van der Waals surface area contributed by atoms with E-state index in [0.717, 1.165) is 17.6 Å². The van der Waals surface area contributed by atoms with Crippen LogP contribution in [0, 0.1) is 6.33 Å². The number of benzene rings is 1. The number of para-hydroxylation sites is 2. The molecule has 2 N–H and O–H groups in total. The molecule has 0 aliphatic carbocycles. The van der Waals surface area contributed by atoms with Gasteiger partial charge < -0.3 is 10.3 Å². The molecule has 1 aromatic heterocycles. The number of aromatic nitrogens is 2. The minimum Gasteiger partial charge on any atom is -0.329 e. The lowest BCUT2D eigenvalue weighted by molar-refractivity contribution is 0.722. The second kappa shape index (κ2) is 2.95. The summed E-state index contributed by atoms with van der Waals surface area (Å²) in [6.45, 7) is 1.40. The lowest BCUT2D eigenvalue weighted by Crippen LogP contribution is -2.08. The van der Waals surface area contributed by atoms with Gasteiger partial charge in [-0.15, -0.1) is 0 Å². The summed E-state index contributed by atoms with van der Waals surface area (Å²) in [5.41, 5.74) is 7.52. The molecular weight excluding hydrogens is 150 g/mol. The van der Waals surface area contributed by atoms with Crippen LogP contribution in [0.15, 0.2) is 24.3 Å². The molecule has 0 amide bonds. The Morgan fingerprint density at radius 1 is 1.42 bits per heavy atom. The third-order valence-electron chi connectivity index (χ3n) is 1.82. The second-order valence-corrected chi connectivity index (χ2v) is 2.64. The quantitative estimate of drug-likeness (QED) is 0.706. The number of hydrogen-bond acceptors (Lipinski definition) is 2. The van der Waals surface area contributed by atoms with E-state index in [1.807, 2.05) is 28.8 Å². The van der Waals surface area contributed by atoms with E-state index in [2.05, 4.69) is 11.3 Å². The first-order valence-corrected chi connectivity index (χ1v) is 3.95. The van der Waals surface area contributed by atoms with Gasteiger partial charge in [-0.1, -0.05) is 12.1 Å². The van der Waals surface area contributed by atoms with E-state index in [1.54, 1.807) is 0 Å². The SMILES string of the molecule is NCCn1[c]nc2ccccc21. The van der Waals surface area contributed by atoms with E-state index >= 15 is 0 Å². The van der Waals surface area contributed by atoms with Crippen molar-refractivity contribution >= 4 is 11.0 Å². The molecule has 1 radical (unpaired) electrons. The molecule has 61 valence electrons. The van der Waals surface area contributed by atoms with Crippen LogP contribution in [0.2, 0.25) is 0 Å². The van der Waals surface area contributed by atoms with Gasteiger partial charge in [0.1, 0.15) is 0 Å².